The molecule has 0 saturated carbocycles. The third kappa shape index (κ3) is 4.88. The van der Waals surface area contributed by atoms with Crippen LogP contribution in [0.5, 0.6) is 0 Å². The zero-order valence-corrected chi connectivity index (χ0v) is 16.0. The summed E-state index contributed by atoms with van der Waals surface area (Å²) in [7, 11) is 0. The molecule has 0 fully saturated rings. The Bertz CT molecular complexity index is 901. The van der Waals surface area contributed by atoms with E-state index in [1.807, 2.05) is 56.3 Å². The van der Waals surface area contributed by atoms with Gasteiger partial charge in [0.05, 0.1) is 12.8 Å². The Kier molecular flexibility index (Phi) is 6.27. The average molecular weight is 376 g/mol. The molecule has 0 aliphatic carbocycles. The summed E-state index contributed by atoms with van der Waals surface area (Å²) in [6.07, 6.45) is 1.56. The molecule has 2 amide bonds. The summed E-state index contributed by atoms with van der Waals surface area (Å²) in [5.74, 6) is 0.106. The van der Waals surface area contributed by atoms with E-state index < -0.39 is 6.04 Å². The summed E-state index contributed by atoms with van der Waals surface area (Å²) in [5.41, 5.74) is 2.64. The molecule has 3 rings (SSSR count). The SMILES string of the molecule is CC(C)[C@H](NC(=O)c1ccc(-c2ccccc2)cc1)C(=O)NCc1ccco1. The first-order chi connectivity index (χ1) is 13.5. The first-order valence-electron chi connectivity index (χ1n) is 9.31. The fraction of sp³-hybridized carbons (Fsp3) is 0.217. The predicted molar refractivity (Wildman–Crippen MR) is 109 cm³/mol. The minimum atomic E-state index is -0.628. The summed E-state index contributed by atoms with van der Waals surface area (Å²) < 4.78 is 5.22. The van der Waals surface area contributed by atoms with E-state index in [-0.39, 0.29) is 24.3 Å². The molecule has 2 aromatic carbocycles. The lowest BCUT2D eigenvalue weighted by molar-refractivity contribution is -0.124. The van der Waals surface area contributed by atoms with Gasteiger partial charge in [0.15, 0.2) is 0 Å². The molecule has 5 nitrogen and oxygen atoms in total. The molecule has 0 radical (unpaired) electrons. The highest BCUT2D eigenvalue weighted by atomic mass is 16.3. The van der Waals surface area contributed by atoms with Crippen molar-refractivity contribution in [1.29, 1.82) is 0 Å². The highest BCUT2D eigenvalue weighted by Gasteiger charge is 2.24. The van der Waals surface area contributed by atoms with Crippen molar-refractivity contribution < 1.29 is 14.0 Å². The molecule has 2 N–H and O–H groups in total. The zero-order chi connectivity index (χ0) is 19.9. The van der Waals surface area contributed by atoms with E-state index in [1.54, 1.807) is 30.5 Å². The Morgan fingerprint density at radius 1 is 0.893 bits per heavy atom. The van der Waals surface area contributed by atoms with E-state index in [4.69, 9.17) is 4.42 Å². The van der Waals surface area contributed by atoms with E-state index in [0.717, 1.165) is 11.1 Å². The van der Waals surface area contributed by atoms with Gasteiger partial charge in [-0.05, 0) is 41.3 Å². The predicted octanol–water partition coefficient (Wildman–Crippen LogP) is 4.02. The molecule has 0 aliphatic heterocycles. The van der Waals surface area contributed by atoms with Crippen LogP contribution >= 0.6 is 0 Å². The van der Waals surface area contributed by atoms with Gasteiger partial charge in [0.2, 0.25) is 5.91 Å². The van der Waals surface area contributed by atoms with Crippen LogP contribution in [0, 0.1) is 5.92 Å². The second-order valence-corrected chi connectivity index (χ2v) is 6.94. The lowest BCUT2D eigenvalue weighted by Gasteiger charge is -2.21. The van der Waals surface area contributed by atoms with Crippen molar-refractivity contribution in [2.75, 3.05) is 0 Å². The van der Waals surface area contributed by atoms with Crippen LogP contribution in [0.2, 0.25) is 0 Å². The van der Waals surface area contributed by atoms with Gasteiger partial charge in [-0.3, -0.25) is 9.59 Å². The van der Waals surface area contributed by atoms with Crippen molar-refractivity contribution in [2.24, 2.45) is 5.92 Å². The number of carbonyl (C=O) groups is 2. The molecule has 1 aromatic heterocycles. The van der Waals surface area contributed by atoms with E-state index in [2.05, 4.69) is 10.6 Å². The number of carbonyl (C=O) groups excluding carboxylic acids is 2. The molecule has 5 heteroatoms. The van der Waals surface area contributed by atoms with Crippen molar-refractivity contribution in [1.82, 2.24) is 10.6 Å². The Labute approximate surface area is 164 Å². The second-order valence-electron chi connectivity index (χ2n) is 6.94. The maximum Gasteiger partial charge on any atom is 0.251 e. The van der Waals surface area contributed by atoms with Crippen molar-refractivity contribution >= 4 is 11.8 Å². The molecule has 3 aromatic rings. The minimum absolute atomic E-state index is 0.0517. The summed E-state index contributed by atoms with van der Waals surface area (Å²) in [4.78, 5) is 25.2. The fourth-order valence-electron chi connectivity index (χ4n) is 2.90. The van der Waals surface area contributed by atoms with E-state index >= 15 is 0 Å². The summed E-state index contributed by atoms with van der Waals surface area (Å²) >= 11 is 0. The number of furan rings is 1. The first-order valence-corrected chi connectivity index (χ1v) is 9.31. The molecule has 28 heavy (non-hydrogen) atoms. The maximum absolute atomic E-state index is 12.6. The van der Waals surface area contributed by atoms with Gasteiger partial charge >= 0.3 is 0 Å². The summed E-state index contributed by atoms with van der Waals surface area (Å²) in [5, 5.41) is 5.65. The van der Waals surface area contributed by atoms with Gasteiger partial charge in [0.25, 0.3) is 5.91 Å². The Hall–Kier alpha value is -3.34. The third-order valence-corrected chi connectivity index (χ3v) is 4.51. The van der Waals surface area contributed by atoms with Crippen molar-refractivity contribution in [2.45, 2.75) is 26.4 Å². The maximum atomic E-state index is 12.6. The van der Waals surface area contributed by atoms with E-state index in [0.29, 0.717) is 11.3 Å². The fourth-order valence-corrected chi connectivity index (χ4v) is 2.90. The number of rotatable bonds is 7. The molecule has 0 saturated heterocycles. The molecular weight excluding hydrogens is 352 g/mol. The largest absolute Gasteiger partial charge is 0.467 e. The average Bonchev–Trinajstić information content (AvgIpc) is 3.24. The molecule has 0 unspecified atom stereocenters. The highest BCUT2D eigenvalue weighted by molar-refractivity contribution is 5.98. The van der Waals surface area contributed by atoms with Crippen LogP contribution in [0.3, 0.4) is 0 Å². The van der Waals surface area contributed by atoms with Gasteiger partial charge in [-0.15, -0.1) is 0 Å². The Morgan fingerprint density at radius 2 is 1.57 bits per heavy atom. The van der Waals surface area contributed by atoms with E-state index in [9.17, 15) is 9.59 Å². The number of hydrogen-bond acceptors (Lipinski definition) is 3. The number of amides is 2. The monoisotopic (exact) mass is 376 g/mol. The van der Waals surface area contributed by atoms with Crippen LogP contribution in [0.1, 0.15) is 30.0 Å². The van der Waals surface area contributed by atoms with Crippen molar-refractivity contribution in [3.05, 3.63) is 84.3 Å². The standard InChI is InChI=1S/C23H24N2O3/c1-16(2)21(23(27)24-15-20-9-6-14-28-20)25-22(26)19-12-10-18(11-13-19)17-7-4-3-5-8-17/h3-14,16,21H,15H2,1-2H3,(H,24,27)(H,25,26)/t21-/m0/s1. The van der Waals surface area contributed by atoms with Crippen LogP contribution in [0.15, 0.2) is 77.4 Å². The van der Waals surface area contributed by atoms with Gasteiger partial charge in [-0.1, -0.05) is 56.3 Å². The van der Waals surface area contributed by atoms with E-state index in [1.165, 1.54) is 0 Å². The third-order valence-electron chi connectivity index (χ3n) is 4.51. The Balaban J connectivity index is 1.64. The molecule has 144 valence electrons. The second kappa shape index (κ2) is 9.04. The Morgan fingerprint density at radius 3 is 2.18 bits per heavy atom. The van der Waals surface area contributed by atoms with Crippen molar-refractivity contribution in [3.63, 3.8) is 0 Å². The van der Waals surface area contributed by atoms with Gasteiger partial charge in [-0.25, -0.2) is 0 Å². The number of hydrogen-bond donors (Lipinski definition) is 2. The zero-order valence-electron chi connectivity index (χ0n) is 16.0. The van der Waals surface area contributed by atoms with Crippen LogP contribution in [-0.4, -0.2) is 17.9 Å². The van der Waals surface area contributed by atoms with Crippen LogP contribution < -0.4 is 10.6 Å². The van der Waals surface area contributed by atoms with Crippen LogP contribution in [0.4, 0.5) is 0 Å². The molecule has 0 spiro atoms. The summed E-state index contributed by atoms with van der Waals surface area (Å²) in [6.45, 7) is 4.09. The molecule has 0 aliphatic rings. The number of nitrogens with one attached hydrogen (secondary N) is 2. The quantitative estimate of drug-likeness (QED) is 0.654. The number of benzene rings is 2. The van der Waals surface area contributed by atoms with Crippen LogP contribution in [-0.2, 0) is 11.3 Å². The van der Waals surface area contributed by atoms with Crippen LogP contribution in [0.25, 0.3) is 11.1 Å². The molecule has 1 heterocycles. The van der Waals surface area contributed by atoms with Gasteiger partial charge in [-0.2, -0.15) is 0 Å². The highest BCUT2D eigenvalue weighted by Crippen LogP contribution is 2.19. The molecule has 1 atom stereocenters. The first kappa shape index (κ1) is 19.4. The van der Waals surface area contributed by atoms with Crippen molar-refractivity contribution in [3.8, 4) is 11.1 Å². The molecular formula is C23H24N2O3. The topological polar surface area (TPSA) is 71.3 Å². The summed E-state index contributed by atoms with van der Waals surface area (Å²) in [6, 6.07) is 20.3. The van der Waals surface area contributed by atoms with Gasteiger partial charge in [0, 0.05) is 5.56 Å². The van der Waals surface area contributed by atoms with Gasteiger partial charge < -0.3 is 15.1 Å². The minimum Gasteiger partial charge on any atom is -0.467 e. The lowest BCUT2D eigenvalue weighted by atomic mass is 10.0. The van der Waals surface area contributed by atoms with Gasteiger partial charge in [0.1, 0.15) is 11.8 Å². The normalized spacial score (nSPS) is 11.8. The smallest absolute Gasteiger partial charge is 0.251 e. The molecule has 0 bridgehead atoms. The lowest BCUT2D eigenvalue weighted by Crippen LogP contribution is -2.49.